The first-order chi connectivity index (χ1) is 9.91. The average molecular weight is 299 g/mol. The van der Waals surface area contributed by atoms with E-state index in [1.54, 1.807) is 4.57 Å². The molecule has 1 aromatic heterocycles. The summed E-state index contributed by atoms with van der Waals surface area (Å²) in [7, 11) is 0. The number of imidazole rings is 1. The van der Waals surface area contributed by atoms with E-state index in [0.29, 0.717) is 5.52 Å². The number of benzene rings is 1. The Balaban J connectivity index is 2.12. The second-order valence-corrected chi connectivity index (χ2v) is 5.28. The minimum absolute atomic E-state index is 0.0759. The number of nitrogens with zero attached hydrogens (tertiary/aromatic N) is 2. The van der Waals surface area contributed by atoms with E-state index in [1.165, 1.54) is 6.07 Å². The van der Waals surface area contributed by atoms with Crippen molar-refractivity contribution in [3.05, 3.63) is 34.2 Å². The zero-order valence-corrected chi connectivity index (χ0v) is 11.6. The Bertz CT molecular complexity index is 716. The molecule has 1 saturated heterocycles. The molecule has 7 heteroatoms. The van der Waals surface area contributed by atoms with Gasteiger partial charge in [-0.1, -0.05) is 6.92 Å². The number of halogens is 3. The number of fused-ring (bicyclic) bond motifs is 1. The highest BCUT2D eigenvalue weighted by molar-refractivity contribution is 5.76. The number of aromatic nitrogens is 2. The second kappa shape index (κ2) is 4.91. The molecule has 1 atom stereocenters. The third-order valence-corrected chi connectivity index (χ3v) is 4.08. The molecule has 0 saturated carbocycles. The van der Waals surface area contributed by atoms with Gasteiger partial charge in [-0.05, 0) is 37.6 Å². The van der Waals surface area contributed by atoms with E-state index >= 15 is 0 Å². The Kier molecular flexibility index (Phi) is 3.32. The second-order valence-electron chi connectivity index (χ2n) is 5.28. The minimum Gasteiger partial charge on any atom is -0.305 e. The minimum atomic E-state index is -4.41. The normalized spacial score (nSPS) is 20.5. The van der Waals surface area contributed by atoms with Gasteiger partial charge < -0.3 is 4.98 Å². The van der Waals surface area contributed by atoms with Crippen molar-refractivity contribution in [1.82, 2.24) is 14.5 Å². The van der Waals surface area contributed by atoms with Crippen LogP contribution in [0.5, 0.6) is 0 Å². The highest BCUT2D eigenvalue weighted by Gasteiger charge is 2.32. The number of alkyl halides is 3. The molecule has 1 aromatic carbocycles. The summed E-state index contributed by atoms with van der Waals surface area (Å²) in [6.45, 7) is 3.73. The molecule has 0 spiro atoms. The maximum absolute atomic E-state index is 12.7. The fraction of sp³-hybridized carbons (Fsp3) is 0.500. The molecule has 21 heavy (non-hydrogen) atoms. The van der Waals surface area contributed by atoms with Gasteiger partial charge in [-0.3, -0.25) is 9.47 Å². The Morgan fingerprint density at radius 3 is 2.81 bits per heavy atom. The van der Waals surface area contributed by atoms with Crippen LogP contribution in [0.15, 0.2) is 23.0 Å². The van der Waals surface area contributed by atoms with Gasteiger partial charge in [0.2, 0.25) is 0 Å². The number of likely N-dealkylation sites (tertiary alicyclic amines) is 1. The molecule has 0 bridgehead atoms. The van der Waals surface area contributed by atoms with Crippen LogP contribution in [0, 0.1) is 0 Å². The van der Waals surface area contributed by atoms with Crippen molar-refractivity contribution in [2.45, 2.75) is 32.1 Å². The zero-order valence-electron chi connectivity index (χ0n) is 11.6. The molecule has 0 radical (unpaired) electrons. The van der Waals surface area contributed by atoms with Gasteiger partial charge in [-0.15, -0.1) is 0 Å². The van der Waals surface area contributed by atoms with Crippen LogP contribution in [0.2, 0.25) is 0 Å². The summed E-state index contributed by atoms with van der Waals surface area (Å²) in [6, 6.07) is 3.40. The lowest BCUT2D eigenvalue weighted by Crippen LogP contribution is -2.32. The van der Waals surface area contributed by atoms with Crippen LogP contribution in [-0.2, 0) is 6.18 Å². The predicted octanol–water partition coefficient (Wildman–Crippen LogP) is 2.96. The molecule has 1 aliphatic rings. The van der Waals surface area contributed by atoms with E-state index in [1.807, 2.05) is 6.92 Å². The molecule has 1 N–H and O–H groups in total. The molecule has 114 valence electrons. The molecule has 4 nitrogen and oxygen atoms in total. The van der Waals surface area contributed by atoms with Gasteiger partial charge in [0.05, 0.1) is 22.8 Å². The van der Waals surface area contributed by atoms with Gasteiger partial charge in [0, 0.05) is 6.54 Å². The largest absolute Gasteiger partial charge is 0.416 e. The van der Waals surface area contributed by atoms with Crippen molar-refractivity contribution >= 4 is 11.0 Å². The molecular formula is C14H16F3N3O. The lowest BCUT2D eigenvalue weighted by Gasteiger charge is -2.23. The van der Waals surface area contributed by atoms with Crippen molar-refractivity contribution in [3.8, 4) is 0 Å². The number of aromatic amines is 1. The van der Waals surface area contributed by atoms with Crippen molar-refractivity contribution in [2.24, 2.45) is 0 Å². The van der Waals surface area contributed by atoms with Crippen LogP contribution in [0.1, 0.15) is 31.5 Å². The molecule has 1 fully saturated rings. The predicted molar refractivity (Wildman–Crippen MR) is 73.1 cm³/mol. The molecular weight excluding hydrogens is 283 g/mol. The lowest BCUT2D eigenvalue weighted by molar-refractivity contribution is -0.137. The highest BCUT2D eigenvalue weighted by atomic mass is 19.4. The lowest BCUT2D eigenvalue weighted by atomic mass is 10.2. The first-order valence-electron chi connectivity index (χ1n) is 6.97. The van der Waals surface area contributed by atoms with Gasteiger partial charge in [-0.25, -0.2) is 4.79 Å². The zero-order chi connectivity index (χ0) is 15.2. The summed E-state index contributed by atoms with van der Waals surface area (Å²) in [5.41, 5.74) is -0.340. The Morgan fingerprint density at radius 1 is 1.38 bits per heavy atom. The molecule has 1 unspecified atom stereocenters. The monoisotopic (exact) mass is 299 g/mol. The van der Waals surface area contributed by atoms with Crippen molar-refractivity contribution in [3.63, 3.8) is 0 Å². The van der Waals surface area contributed by atoms with Crippen molar-refractivity contribution in [1.29, 1.82) is 0 Å². The number of H-pyrrole nitrogens is 1. The Labute approximate surface area is 119 Å². The van der Waals surface area contributed by atoms with E-state index < -0.39 is 11.7 Å². The fourth-order valence-corrected chi connectivity index (χ4v) is 3.07. The molecule has 0 amide bonds. The van der Waals surface area contributed by atoms with Crippen LogP contribution < -0.4 is 5.69 Å². The highest BCUT2D eigenvalue weighted by Crippen LogP contribution is 2.32. The first kappa shape index (κ1) is 14.2. The third-order valence-electron chi connectivity index (χ3n) is 4.08. The van der Waals surface area contributed by atoms with Gasteiger partial charge in [-0.2, -0.15) is 13.2 Å². The van der Waals surface area contributed by atoms with Gasteiger partial charge in [0.25, 0.3) is 0 Å². The fourth-order valence-electron chi connectivity index (χ4n) is 3.07. The van der Waals surface area contributed by atoms with E-state index in [-0.39, 0.29) is 17.4 Å². The van der Waals surface area contributed by atoms with Crippen molar-refractivity contribution < 1.29 is 13.2 Å². The van der Waals surface area contributed by atoms with Crippen molar-refractivity contribution in [2.75, 3.05) is 13.1 Å². The van der Waals surface area contributed by atoms with E-state index in [0.717, 1.165) is 38.1 Å². The quantitative estimate of drug-likeness (QED) is 0.926. The van der Waals surface area contributed by atoms with E-state index in [2.05, 4.69) is 9.88 Å². The van der Waals surface area contributed by atoms with Crippen LogP contribution in [0.4, 0.5) is 13.2 Å². The number of hydrogen-bond acceptors (Lipinski definition) is 2. The summed E-state index contributed by atoms with van der Waals surface area (Å²) < 4.78 is 39.8. The summed E-state index contributed by atoms with van der Waals surface area (Å²) in [4.78, 5) is 16.8. The van der Waals surface area contributed by atoms with E-state index in [4.69, 9.17) is 0 Å². The summed E-state index contributed by atoms with van der Waals surface area (Å²) >= 11 is 0. The van der Waals surface area contributed by atoms with E-state index in [9.17, 15) is 18.0 Å². The smallest absolute Gasteiger partial charge is 0.305 e. The Hall–Kier alpha value is -1.76. The van der Waals surface area contributed by atoms with Crippen LogP contribution in [0.3, 0.4) is 0 Å². The summed E-state index contributed by atoms with van der Waals surface area (Å²) in [5.74, 6) is 0. The number of nitrogens with one attached hydrogen (secondary N) is 1. The molecule has 1 aliphatic heterocycles. The maximum atomic E-state index is 12.7. The molecule has 3 rings (SSSR count). The van der Waals surface area contributed by atoms with Gasteiger partial charge in [0.15, 0.2) is 0 Å². The molecule has 2 heterocycles. The standard InChI is InChI=1S/C14H16F3N3O/c1-2-19-7-3-4-12(19)20-11-6-5-9(14(15,16)17)8-10(11)18-13(20)21/h5-6,8,12H,2-4,7H2,1H3,(H,18,21). The van der Waals surface area contributed by atoms with Crippen LogP contribution in [-0.4, -0.2) is 27.5 Å². The summed E-state index contributed by atoms with van der Waals surface area (Å²) in [5, 5.41) is 0. The average Bonchev–Trinajstić information content (AvgIpc) is 2.98. The van der Waals surface area contributed by atoms with Gasteiger partial charge >= 0.3 is 11.9 Å². The maximum Gasteiger partial charge on any atom is 0.416 e. The SMILES string of the molecule is CCN1CCCC1n1c(=O)[nH]c2cc(C(F)(F)F)ccc21. The third kappa shape index (κ3) is 2.35. The Morgan fingerprint density at radius 2 is 2.14 bits per heavy atom. The van der Waals surface area contributed by atoms with Crippen LogP contribution in [0.25, 0.3) is 11.0 Å². The molecule has 2 aromatic rings. The molecule has 0 aliphatic carbocycles. The van der Waals surface area contributed by atoms with Gasteiger partial charge in [0.1, 0.15) is 0 Å². The number of rotatable bonds is 2. The summed E-state index contributed by atoms with van der Waals surface area (Å²) in [6.07, 6.45) is -2.66. The topological polar surface area (TPSA) is 41.0 Å². The number of hydrogen-bond donors (Lipinski definition) is 1. The van der Waals surface area contributed by atoms with Crippen LogP contribution >= 0.6 is 0 Å². The first-order valence-corrected chi connectivity index (χ1v) is 6.97.